The molecule has 126 valence electrons. The number of anilines is 1. The van der Waals surface area contributed by atoms with Crippen LogP contribution in [0.2, 0.25) is 5.02 Å². The van der Waals surface area contributed by atoms with Gasteiger partial charge in [-0.25, -0.2) is 0 Å². The molecule has 1 amide bonds. The van der Waals surface area contributed by atoms with Crippen LogP contribution < -0.4 is 5.32 Å². The lowest BCUT2D eigenvalue weighted by Crippen LogP contribution is -2.12. The van der Waals surface area contributed by atoms with E-state index in [-0.39, 0.29) is 5.91 Å². The van der Waals surface area contributed by atoms with Gasteiger partial charge in [-0.2, -0.15) is 0 Å². The highest BCUT2D eigenvalue weighted by Crippen LogP contribution is 2.35. The number of benzene rings is 3. The minimum Gasteiger partial charge on any atom is -0.325 e. The summed E-state index contributed by atoms with van der Waals surface area (Å²) in [6.45, 7) is 0. The minimum atomic E-state index is 0.0557. The van der Waals surface area contributed by atoms with Gasteiger partial charge >= 0.3 is 0 Å². The summed E-state index contributed by atoms with van der Waals surface area (Å²) in [5.74, 6) is 0.800. The Morgan fingerprint density at radius 1 is 1.00 bits per heavy atom. The van der Waals surface area contributed by atoms with Gasteiger partial charge in [0.2, 0.25) is 5.91 Å². The van der Waals surface area contributed by atoms with E-state index < -0.39 is 0 Å². The first-order valence-electron chi connectivity index (χ1n) is 8.42. The molecule has 0 heterocycles. The first-order valence-corrected chi connectivity index (χ1v) is 9.79. The highest BCUT2D eigenvalue weighted by atomic mass is 35.5. The number of aryl methyl sites for hydroxylation is 2. The maximum absolute atomic E-state index is 12.3. The van der Waals surface area contributed by atoms with Gasteiger partial charge in [0.1, 0.15) is 0 Å². The molecule has 2 nitrogen and oxygen atoms in total. The van der Waals surface area contributed by atoms with Gasteiger partial charge in [-0.1, -0.05) is 35.9 Å². The fourth-order valence-corrected chi connectivity index (χ4v) is 4.34. The molecule has 0 unspecified atom stereocenters. The monoisotopic (exact) mass is 367 g/mol. The number of rotatable bonds is 5. The predicted molar refractivity (Wildman–Crippen MR) is 107 cm³/mol. The molecule has 0 bridgehead atoms. The van der Waals surface area contributed by atoms with Crippen LogP contribution in [-0.2, 0) is 17.6 Å². The van der Waals surface area contributed by atoms with Crippen molar-refractivity contribution < 1.29 is 4.79 Å². The van der Waals surface area contributed by atoms with Crippen LogP contribution in [-0.4, -0.2) is 11.7 Å². The molecule has 1 aliphatic carbocycles. The molecule has 3 aromatic rings. The predicted octanol–water partition coefficient (Wildman–Crippen LogP) is 5.71. The van der Waals surface area contributed by atoms with E-state index in [0.29, 0.717) is 6.42 Å². The lowest BCUT2D eigenvalue weighted by Gasteiger charge is -2.10. The minimum absolute atomic E-state index is 0.0557. The molecule has 4 heteroatoms. The van der Waals surface area contributed by atoms with E-state index in [1.165, 1.54) is 16.5 Å². The molecule has 0 spiro atoms. The summed E-state index contributed by atoms with van der Waals surface area (Å²) < 4.78 is 0. The molecular formula is C21H18ClNOS. The number of hydrogen-bond acceptors (Lipinski definition) is 2. The van der Waals surface area contributed by atoms with Crippen molar-refractivity contribution in [1.29, 1.82) is 0 Å². The van der Waals surface area contributed by atoms with Crippen molar-refractivity contribution >= 4 is 45.7 Å². The Morgan fingerprint density at radius 2 is 1.76 bits per heavy atom. The number of amides is 1. The smallest absolute Gasteiger partial charge is 0.225 e. The number of thioether (sulfide) groups is 1. The van der Waals surface area contributed by atoms with Crippen molar-refractivity contribution in [1.82, 2.24) is 0 Å². The zero-order chi connectivity index (χ0) is 17.2. The van der Waals surface area contributed by atoms with E-state index in [1.54, 1.807) is 11.8 Å². The Labute approximate surface area is 156 Å². The van der Waals surface area contributed by atoms with Gasteiger partial charge in [0.15, 0.2) is 0 Å². The average molecular weight is 368 g/mol. The number of hydrogen-bond donors (Lipinski definition) is 1. The molecular weight excluding hydrogens is 350 g/mol. The fraction of sp³-hybridized carbons (Fsp3) is 0.190. The Morgan fingerprint density at radius 3 is 2.56 bits per heavy atom. The van der Waals surface area contributed by atoms with Crippen molar-refractivity contribution in [2.75, 3.05) is 11.1 Å². The highest BCUT2D eigenvalue weighted by molar-refractivity contribution is 7.99. The first kappa shape index (κ1) is 16.5. The van der Waals surface area contributed by atoms with Crippen LogP contribution in [0.15, 0.2) is 59.5 Å². The lowest BCUT2D eigenvalue weighted by atomic mass is 10.0. The van der Waals surface area contributed by atoms with E-state index in [9.17, 15) is 4.79 Å². The molecule has 0 saturated heterocycles. The fourth-order valence-electron chi connectivity index (χ4n) is 3.36. The summed E-state index contributed by atoms with van der Waals surface area (Å²) in [4.78, 5) is 13.5. The summed E-state index contributed by atoms with van der Waals surface area (Å²) in [5.41, 5.74) is 3.70. The number of carbonyl (C=O) groups excluding carboxylic acids is 1. The molecule has 0 radical (unpaired) electrons. The summed E-state index contributed by atoms with van der Waals surface area (Å²) >= 11 is 7.55. The third kappa shape index (κ3) is 3.53. The van der Waals surface area contributed by atoms with E-state index in [4.69, 9.17) is 11.6 Å². The highest BCUT2D eigenvalue weighted by Gasteiger charge is 2.16. The van der Waals surface area contributed by atoms with Crippen molar-refractivity contribution in [2.24, 2.45) is 0 Å². The van der Waals surface area contributed by atoms with Crippen molar-refractivity contribution in [3.05, 3.63) is 70.7 Å². The molecule has 0 aromatic heterocycles. The number of halogens is 1. The first-order chi connectivity index (χ1) is 12.2. The topological polar surface area (TPSA) is 29.1 Å². The second-order valence-electron chi connectivity index (χ2n) is 6.21. The van der Waals surface area contributed by atoms with Gasteiger partial charge in [-0.15, -0.1) is 11.8 Å². The maximum Gasteiger partial charge on any atom is 0.225 e. The molecule has 0 aliphatic heterocycles. The summed E-state index contributed by atoms with van der Waals surface area (Å²) in [5, 5.41) is 6.31. The number of nitrogens with one attached hydrogen (secondary N) is 1. The van der Waals surface area contributed by atoms with Crippen LogP contribution in [0, 0.1) is 0 Å². The number of carbonyl (C=O) groups is 1. The van der Waals surface area contributed by atoms with Crippen LogP contribution in [0.3, 0.4) is 0 Å². The van der Waals surface area contributed by atoms with E-state index >= 15 is 0 Å². The third-order valence-corrected chi connectivity index (χ3v) is 5.83. The quantitative estimate of drug-likeness (QED) is 0.585. The molecule has 0 saturated carbocycles. The van der Waals surface area contributed by atoms with Crippen molar-refractivity contribution in [3.8, 4) is 0 Å². The van der Waals surface area contributed by atoms with Crippen molar-refractivity contribution in [3.63, 3.8) is 0 Å². The zero-order valence-electron chi connectivity index (χ0n) is 13.7. The van der Waals surface area contributed by atoms with Gasteiger partial charge in [-0.3, -0.25) is 4.79 Å². The average Bonchev–Trinajstić information content (AvgIpc) is 3.04. The second-order valence-corrected chi connectivity index (χ2v) is 7.82. The summed E-state index contributed by atoms with van der Waals surface area (Å²) in [7, 11) is 0. The maximum atomic E-state index is 12.3. The normalized spacial score (nSPS) is 12.5. The van der Waals surface area contributed by atoms with Crippen LogP contribution in [0.4, 0.5) is 5.69 Å². The Kier molecular flexibility index (Phi) is 4.69. The Hall–Kier alpha value is -1.97. The van der Waals surface area contributed by atoms with Gasteiger partial charge in [-0.05, 0) is 59.7 Å². The van der Waals surface area contributed by atoms with Crippen LogP contribution in [0.1, 0.15) is 17.5 Å². The molecule has 0 atom stereocenters. The van der Waals surface area contributed by atoms with E-state index in [1.807, 2.05) is 30.3 Å². The second kappa shape index (κ2) is 7.11. The SMILES string of the molecule is O=C(CCSc1ccc(Cl)cc1)Nc1ccc2c3c(cccc13)CC2. The van der Waals surface area contributed by atoms with Crippen molar-refractivity contribution in [2.45, 2.75) is 24.2 Å². The molecule has 25 heavy (non-hydrogen) atoms. The summed E-state index contributed by atoms with van der Waals surface area (Å²) in [6.07, 6.45) is 2.68. The standard InChI is InChI=1S/C21H18ClNOS/c22-16-7-9-17(10-8-16)25-13-12-20(24)23-19-11-6-15-5-4-14-2-1-3-18(19)21(14)15/h1-3,6-11H,4-5,12-13H2,(H,23,24). The lowest BCUT2D eigenvalue weighted by molar-refractivity contribution is -0.115. The van der Waals surface area contributed by atoms with Gasteiger partial charge in [0, 0.05) is 33.2 Å². The van der Waals surface area contributed by atoms with Crippen LogP contribution in [0.25, 0.3) is 10.8 Å². The molecule has 4 rings (SSSR count). The molecule has 1 N–H and O–H groups in total. The van der Waals surface area contributed by atoms with Gasteiger partial charge in [0.05, 0.1) is 0 Å². The largest absolute Gasteiger partial charge is 0.325 e. The molecule has 1 aliphatic rings. The third-order valence-electron chi connectivity index (χ3n) is 4.56. The zero-order valence-corrected chi connectivity index (χ0v) is 15.3. The van der Waals surface area contributed by atoms with Crippen LogP contribution >= 0.6 is 23.4 Å². The van der Waals surface area contributed by atoms with E-state index in [2.05, 4.69) is 29.6 Å². The Balaban J connectivity index is 1.41. The summed E-state index contributed by atoms with van der Waals surface area (Å²) in [6, 6.07) is 18.3. The van der Waals surface area contributed by atoms with E-state index in [0.717, 1.165) is 39.6 Å². The van der Waals surface area contributed by atoms with Gasteiger partial charge < -0.3 is 5.32 Å². The van der Waals surface area contributed by atoms with Gasteiger partial charge in [0.25, 0.3) is 0 Å². The molecule has 3 aromatic carbocycles. The van der Waals surface area contributed by atoms with Crippen LogP contribution in [0.5, 0.6) is 0 Å². The Bertz CT molecular complexity index is 926. The molecule has 0 fully saturated rings.